The van der Waals surface area contributed by atoms with Crippen LogP contribution in [0.15, 0.2) is 54.7 Å². The average molecular weight is 472 g/mol. The number of aromatic nitrogens is 2. The van der Waals surface area contributed by atoms with Crippen LogP contribution in [-0.2, 0) is 17.6 Å². The van der Waals surface area contributed by atoms with E-state index >= 15 is 0 Å². The van der Waals surface area contributed by atoms with E-state index in [-0.39, 0.29) is 0 Å². The number of likely N-dealkylation sites (N-methyl/N-ethyl adjacent to an activating group) is 1. The molecule has 1 aromatic heterocycles. The predicted octanol–water partition coefficient (Wildman–Crippen LogP) is 5.03. The zero-order valence-corrected chi connectivity index (χ0v) is 21.4. The van der Waals surface area contributed by atoms with Gasteiger partial charge in [0.05, 0.1) is 5.69 Å². The highest BCUT2D eigenvalue weighted by molar-refractivity contribution is 5.81. The molecule has 1 aliphatic rings. The Bertz CT molecular complexity index is 1130. The van der Waals surface area contributed by atoms with Crippen LogP contribution in [0.2, 0.25) is 0 Å². The van der Waals surface area contributed by atoms with Gasteiger partial charge in [0.2, 0.25) is 5.95 Å². The van der Waals surface area contributed by atoms with Crippen molar-refractivity contribution in [1.29, 1.82) is 0 Å². The van der Waals surface area contributed by atoms with Crippen LogP contribution in [0, 0.1) is 12.8 Å². The molecule has 184 valence electrons. The van der Waals surface area contributed by atoms with Crippen LogP contribution in [0.25, 0.3) is 0 Å². The number of Topliss-reactive ketones (excluding diaryl/α,β-unsaturated/α-hetero) is 1. The quantitative estimate of drug-likeness (QED) is 0.472. The number of aryl methyl sites for hydroxylation is 1. The Morgan fingerprint density at radius 3 is 2.46 bits per heavy atom. The molecular formula is C29H37N5O. The summed E-state index contributed by atoms with van der Waals surface area (Å²) in [4.78, 5) is 26.3. The first-order valence-corrected chi connectivity index (χ1v) is 12.6. The molecule has 2 aromatic carbocycles. The van der Waals surface area contributed by atoms with Crippen molar-refractivity contribution in [3.05, 3.63) is 77.1 Å². The number of carbonyl (C=O) groups excluding carboxylic acids is 1. The normalized spacial score (nSPS) is 14.4. The summed E-state index contributed by atoms with van der Waals surface area (Å²) in [5.74, 6) is 1.28. The Labute approximate surface area is 209 Å². The molecule has 1 aliphatic heterocycles. The van der Waals surface area contributed by atoms with Crippen molar-refractivity contribution in [2.45, 2.75) is 40.0 Å². The van der Waals surface area contributed by atoms with Gasteiger partial charge >= 0.3 is 0 Å². The number of hydrogen-bond donors (Lipinski definition) is 1. The molecule has 4 rings (SSSR count). The SMILES string of the molecule is Cc1cnc(Nc2ccc(N3CCN(C)CC3)cc2)nc1Cc1cccc(CC(=O)CC(C)C)c1. The number of piperazine rings is 1. The van der Waals surface area contributed by atoms with E-state index in [1.165, 1.54) is 5.69 Å². The maximum Gasteiger partial charge on any atom is 0.227 e. The number of hydrogen-bond acceptors (Lipinski definition) is 6. The van der Waals surface area contributed by atoms with Gasteiger partial charge in [-0.1, -0.05) is 38.1 Å². The van der Waals surface area contributed by atoms with Crippen molar-refractivity contribution in [1.82, 2.24) is 14.9 Å². The lowest BCUT2D eigenvalue weighted by Gasteiger charge is -2.34. The van der Waals surface area contributed by atoms with Gasteiger partial charge in [0.1, 0.15) is 5.78 Å². The number of rotatable bonds is 9. The second-order valence-corrected chi connectivity index (χ2v) is 10.1. The number of benzene rings is 2. The van der Waals surface area contributed by atoms with Gasteiger partial charge in [0.25, 0.3) is 0 Å². The Balaban J connectivity index is 1.41. The summed E-state index contributed by atoms with van der Waals surface area (Å²) in [6, 6.07) is 16.8. The Kier molecular flexibility index (Phi) is 8.13. The largest absolute Gasteiger partial charge is 0.369 e. The molecule has 0 saturated carbocycles. The number of carbonyl (C=O) groups is 1. The fourth-order valence-electron chi connectivity index (χ4n) is 4.46. The topological polar surface area (TPSA) is 61.4 Å². The van der Waals surface area contributed by atoms with Gasteiger partial charge < -0.3 is 15.1 Å². The van der Waals surface area contributed by atoms with Gasteiger partial charge in [0, 0.05) is 63.0 Å². The summed E-state index contributed by atoms with van der Waals surface area (Å²) in [6.45, 7) is 10.5. The lowest BCUT2D eigenvalue weighted by Crippen LogP contribution is -2.44. The third-order valence-corrected chi connectivity index (χ3v) is 6.47. The van der Waals surface area contributed by atoms with E-state index in [4.69, 9.17) is 4.98 Å². The molecule has 3 aromatic rings. The fourth-order valence-corrected chi connectivity index (χ4v) is 4.46. The first-order chi connectivity index (χ1) is 16.9. The summed E-state index contributed by atoms with van der Waals surface area (Å²) < 4.78 is 0. The van der Waals surface area contributed by atoms with Gasteiger partial charge in [-0.15, -0.1) is 0 Å². The van der Waals surface area contributed by atoms with Crippen molar-refractivity contribution >= 4 is 23.1 Å². The third kappa shape index (κ3) is 7.12. The van der Waals surface area contributed by atoms with Gasteiger partial charge in [-0.25, -0.2) is 9.97 Å². The lowest BCUT2D eigenvalue weighted by molar-refractivity contribution is -0.119. The molecule has 1 fully saturated rings. The fraction of sp³-hybridized carbons (Fsp3) is 0.414. The van der Waals surface area contributed by atoms with Crippen LogP contribution in [0.4, 0.5) is 17.3 Å². The summed E-state index contributed by atoms with van der Waals surface area (Å²) in [5, 5.41) is 3.36. The standard InChI is InChI=1S/C29H37N5O/c1-21(2)16-27(35)18-23-6-5-7-24(17-23)19-28-22(3)20-30-29(32-28)31-25-8-10-26(11-9-25)34-14-12-33(4)13-15-34/h5-11,17,20-21H,12-16,18-19H2,1-4H3,(H,30,31,32). The van der Waals surface area contributed by atoms with Gasteiger partial charge in [-0.3, -0.25) is 4.79 Å². The highest BCUT2D eigenvalue weighted by Crippen LogP contribution is 2.22. The number of anilines is 3. The van der Waals surface area contributed by atoms with E-state index in [1.54, 1.807) is 0 Å². The minimum absolute atomic E-state index is 0.292. The van der Waals surface area contributed by atoms with Gasteiger partial charge in [-0.2, -0.15) is 0 Å². The van der Waals surface area contributed by atoms with E-state index in [1.807, 2.05) is 25.3 Å². The smallest absolute Gasteiger partial charge is 0.227 e. The summed E-state index contributed by atoms with van der Waals surface area (Å²) in [6.07, 6.45) is 3.70. The number of nitrogens with zero attached hydrogens (tertiary/aromatic N) is 4. The molecule has 2 heterocycles. The summed E-state index contributed by atoms with van der Waals surface area (Å²) in [5.41, 5.74) is 6.50. The highest BCUT2D eigenvalue weighted by Gasteiger charge is 2.14. The molecule has 0 spiro atoms. The molecule has 0 radical (unpaired) electrons. The first-order valence-electron chi connectivity index (χ1n) is 12.6. The van der Waals surface area contributed by atoms with E-state index in [0.717, 1.165) is 54.3 Å². The Morgan fingerprint density at radius 2 is 1.74 bits per heavy atom. The van der Waals surface area contributed by atoms with Crippen LogP contribution in [0.1, 0.15) is 42.7 Å². The summed E-state index contributed by atoms with van der Waals surface area (Å²) >= 11 is 0. The zero-order valence-electron chi connectivity index (χ0n) is 21.4. The Hall–Kier alpha value is -3.25. The molecule has 0 unspecified atom stereocenters. The number of ketones is 1. The van der Waals surface area contributed by atoms with Gasteiger partial charge in [0.15, 0.2) is 0 Å². The van der Waals surface area contributed by atoms with Crippen molar-refractivity contribution in [2.24, 2.45) is 5.92 Å². The van der Waals surface area contributed by atoms with Crippen LogP contribution in [0.5, 0.6) is 0 Å². The van der Waals surface area contributed by atoms with Crippen LogP contribution in [0.3, 0.4) is 0 Å². The monoisotopic (exact) mass is 471 g/mol. The maximum atomic E-state index is 12.3. The van der Waals surface area contributed by atoms with Crippen LogP contribution in [-0.4, -0.2) is 53.9 Å². The van der Waals surface area contributed by atoms with Crippen molar-refractivity contribution in [2.75, 3.05) is 43.4 Å². The average Bonchev–Trinajstić information content (AvgIpc) is 2.82. The molecule has 0 atom stereocenters. The lowest BCUT2D eigenvalue weighted by atomic mass is 9.98. The zero-order chi connectivity index (χ0) is 24.8. The second kappa shape index (κ2) is 11.5. The Morgan fingerprint density at radius 1 is 1.03 bits per heavy atom. The van der Waals surface area contributed by atoms with Crippen molar-refractivity contribution in [3.63, 3.8) is 0 Å². The molecule has 35 heavy (non-hydrogen) atoms. The van der Waals surface area contributed by atoms with E-state index in [0.29, 0.717) is 36.9 Å². The van der Waals surface area contributed by atoms with E-state index < -0.39 is 0 Å². The second-order valence-electron chi connectivity index (χ2n) is 10.1. The minimum Gasteiger partial charge on any atom is -0.369 e. The van der Waals surface area contributed by atoms with E-state index in [2.05, 4.69) is 77.4 Å². The maximum absolute atomic E-state index is 12.3. The first kappa shape index (κ1) is 24.9. The molecule has 1 saturated heterocycles. The molecule has 0 aliphatic carbocycles. The predicted molar refractivity (Wildman–Crippen MR) is 144 cm³/mol. The highest BCUT2D eigenvalue weighted by atomic mass is 16.1. The molecular weight excluding hydrogens is 434 g/mol. The van der Waals surface area contributed by atoms with E-state index in [9.17, 15) is 4.79 Å². The number of nitrogens with one attached hydrogen (secondary N) is 1. The van der Waals surface area contributed by atoms with Crippen LogP contribution < -0.4 is 10.2 Å². The molecule has 6 heteroatoms. The van der Waals surface area contributed by atoms with Crippen LogP contribution >= 0.6 is 0 Å². The third-order valence-electron chi connectivity index (χ3n) is 6.47. The molecule has 1 N–H and O–H groups in total. The summed E-state index contributed by atoms with van der Waals surface area (Å²) in [7, 11) is 2.17. The van der Waals surface area contributed by atoms with Crippen molar-refractivity contribution < 1.29 is 4.79 Å². The van der Waals surface area contributed by atoms with Crippen molar-refractivity contribution in [3.8, 4) is 0 Å². The molecule has 6 nitrogen and oxygen atoms in total. The van der Waals surface area contributed by atoms with Gasteiger partial charge in [-0.05, 0) is 60.8 Å². The minimum atomic E-state index is 0.292. The molecule has 0 bridgehead atoms. The molecule has 0 amide bonds.